The molecule has 0 amide bonds. The summed E-state index contributed by atoms with van der Waals surface area (Å²) in [6.45, 7) is 2.71. The molecule has 0 aliphatic heterocycles. The lowest BCUT2D eigenvalue weighted by Gasteiger charge is -2.07. The van der Waals surface area contributed by atoms with Crippen LogP contribution < -0.4 is 9.47 Å². The lowest BCUT2D eigenvalue weighted by molar-refractivity contribution is 0.104. The number of ether oxygens (including phenoxy) is 2. The van der Waals surface area contributed by atoms with E-state index in [9.17, 15) is 4.79 Å². The van der Waals surface area contributed by atoms with Gasteiger partial charge in [-0.3, -0.25) is 9.48 Å². The van der Waals surface area contributed by atoms with Gasteiger partial charge < -0.3 is 9.47 Å². The average Bonchev–Trinajstić information content (AvgIpc) is 3.01. The number of rotatable bonds is 6. The number of carbonyl (C=O) groups excluding carboxylic acids is 1. The zero-order chi connectivity index (χ0) is 15.2. The summed E-state index contributed by atoms with van der Waals surface area (Å²) >= 11 is 0. The Kier molecular flexibility index (Phi) is 4.77. The molecule has 5 nitrogen and oxygen atoms in total. The molecule has 110 valence electrons. The van der Waals surface area contributed by atoms with E-state index in [1.165, 1.54) is 6.08 Å². The monoisotopic (exact) mass is 286 g/mol. The Morgan fingerprint density at radius 1 is 1.33 bits per heavy atom. The lowest BCUT2D eigenvalue weighted by Crippen LogP contribution is -1.95. The third-order valence-corrected chi connectivity index (χ3v) is 3.10. The van der Waals surface area contributed by atoms with Gasteiger partial charge in [-0.25, -0.2) is 0 Å². The Hall–Kier alpha value is -2.56. The van der Waals surface area contributed by atoms with Crippen molar-refractivity contribution in [1.82, 2.24) is 9.78 Å². The number of allylic oxidation sites excluding steroid dienone is 1. The first kappa shape index (κ1) is 14.8. The number of aryl methyl sites for hydroxylation is 1. The molecular weight excluding hydrogens is 268 g/mol. The number of methoxy groups -OCH3 is 2. The number of hydrogen-bond acceptors (Lipinski definition) is 4. The molecule has 5 heteroatoms. The van der Waals surface area contributed by atoms with E-state index in [2.05, 4.69) is 5.10 Å². The smallest absolute Gasteiger partial charge is 0.189 e. The highest BCUT2D eigenvalue weighted by Gasteiger charge is 2.06. The summed E-state index contributed by atoms with van der Waals surface area (Å²) in [5.41, 5.74) is 1.38. The van der Waals surface area contributed by atoms with E-state index in [1.807, 2.05) is 19.1 Å². The van der Waals surface area contributed by atoms with Gasteiger partial charge >= 0.3 is 0 Å². The highest BCUT2D eigenvalue weighted by Crippen LogP contribution is 2.25. The molecule has 2 aromatic rings. The lowest BCUT2D eigenvalue weighted by atomic mass is 10.1. The summed E-state index contributed by atoms with van der Waals surface area (Å²) in [6.07, 6.45) is 6.55. The molecule has 0 bridgehead atoms. The zero-order valence-electron chi connectivity index (χ0n) is 12.4. The van der Waals surface area contributed by atoms with Crippen molar-refractivity contribution >= 4 is 11.9 Å². The summed E-state index contributed by atoms with van der Waals surface area (Å²) in [5, 5.41) is 4.09. The van der Waals surface area contributed by atoms with Gasteiger partial charge in [-0.05, 0) is 31.2 Å². The SMILES string of the molecule is CCn1cc(C(=O)/C=C/c2ccc(OC)cc2OC)cn1. The standard InChI is InChI=1S/C16H18N2O3/c1-4-18-11-13(10-17-18)15(19)8-6-12-5-7-14(20-2)9-16(12)21-3/h5-11H,4H2,1-3H3/b8-6+. The Morgan fingerprint density at radius 2 is 2.14 bits per heavy atom. The molecular formula is C16H18N2O3. The van der Waals surface area contributed by atoms with E-state index >= 15 is 0 Å². The Labute approximate surface area is 123 Å². The van der Waals surface area contributed by atoms with Gasteiger partial charge in [-0.2, -0.15) is 5.10 Å². The number of benzene rings is 1. The topological polar surface area (TPSA) is 53.4 Å². The molecule has 1 aromatic carbocycles. The average molecular weight is 286 g/mol. The first-order chi connectivity index (χ1) is 10.2. The minimum absolute atomic E-state index is 0.0902. The second kappa shape index (κ2) is 6.74. The number of ketones is 1. The van der Waals surface area contributed by atoms with Gasteiger partial charge in [0.2, 0.25) is 0 Å². The van der Waals surface area contributed by atoms with E-state index in [-0.39, 0.29) is 5.78 Å². The molecule has 21 heavy (non-hydrogen) atoms. The summed E-state index contributed by atoms with van der Waals surface area (Å²) < 4.78 is 12.1. The molecule has 0 N–H and O–H groups in total. The van der Waals surface area contributed by atoms with Crippen LogP contribution in [0.25, 0.3) is 6.08 Å². The van der Waals surface area contributed by atoms with E-state index in [1.54, 1.807) is 43.4 Å². The zero-order valence-corrected chi connectivity index (χ0v) is 12.4. The third-order valence-electron chi connectivity index (χ3n) is 3.10. The van der Waals surface area contributed by atoms with Crippen LogP contribution in [0.2, 0.25) is 0 Å². The molecule has 0 atom stereocenters. The maximum Gasteiger partial charge on any atom is 0.189 e. The second-order valence-electron chi connectivity index (χ2n) is 4.39. The number of nitrogens with zero attached hydrogens (tertiary/aromatic N) is 2. The quantitative estimate of drug-likeness (QED) is 0.605. The van der Waals surface area contributed by atoms with Crippen molar-refractivity contribution in [1.29, 1.82) is 0 Å². The van der Waals surface area contributed by atoms with Gasteiger partial charge in [0, 0.05) is 24.4 Å². The van der Waals surface area contributed by atoms with Crippen molar-refractivity contribution in [3.8, 4) is 11.5 Å². The van der Waals surface area contributed by atoms with E-state index in [0.29, 0.717) is 17.1 Å². The Morgan fingerprint density at radius 3 is 2.76 bits per heavy atom. The molecule has 0 spiro atoms. The van der Waals surface area contributed by atoms with Crippen LogP contribution >= 0.6 is 0 Å². The van der Waals surface area contributed by atoms with Gasteiger partial charge in [-0.1, -0.05) is 0 Å². The molecule has 0 unspecified atom stereocenters. The normalized spacial score (nSPS) is 10.8. The highest BCUT2D eigenvalue weighted by atomic mass is 16.5. The van der Waals surface area contributed by atoms with Crippen molar-refractivity contribution in [2.75, 3.05) is 14.2 Å². The predicted octanol–water partition coefficient (Wildman–Crippen LogP) is 2.82. The van der Waals surface area contributed by atoms with Gasteiger partial charge in [0.1, 0.15) is 11.5 Å². The van der Waals surface area contributed by atoms with Crippen molar-refractivity contribution in [3.05, 3.63) is 47.8 Å². The number of carbonyl (C=O) groups is 1. The highest BCUT2D eigenvalue weighted by molar-refractivity contribution is 6.06. The summed E-state index contributed by atoms with van der Waals surface area (Å²) in [7, 11) is 3.18. The van der Waals surface area contributed by atoms with Gasteiger partial charge in [0.15, 0.2) is 5.78 Å². The Bertz CT molecular complexity index is 659. The molecule has 0 saturated carbocycles. The van der Waals surface area contributed by atoms with Crippen molar-refractivity contribution in [2.24, 2.45) is 0 Å². The van der Waals surface area contributed by atoms with Crippen LogP contribution in [0.4, 0.5) is 0 Å². The maximum atomic E-state index is 12.1. The molecule has 1 aromatic heterocycles. The van der Waals surface area contributed by atoms with Crippen LogP contribution in [-0.4, -0.2) is 29.8 Å². The second-order valence-corrected chi connectivity index (χ2v) is 4.39. The molecule has 0 saturated heterocycles. The van der Waals surface area contributed by atoms with Crippen LogP contribution in [0.1, 0.15) is 22.8 Å². The van der Waals surface area contributed by atoms with E-state index in [4.69, 9.17) is 9.47 Å². The first-order valence-electron chi connectivity index (χ1n) is 6.64. The molecule has 2 rings (SSSR count). The predicted molar refractivity (Wildman–Crippen MR) is 80.8 cm³/mol. The van der Waals surface area contributed by atoms with Crippen LogP contribution in [-0.2, 0) is 6.54 Å². The summed E-state index contributed by atoms with van der Waals surface area (Å²) in [6, 6.07) is 5.44. The van der Waals surface area contributed by atoms with Crippen LogP contribution in [0.15, 0.2) is 36.7 Å². The van der Waals surface area contributed by atoms with Crippen molar-refractivity contribution in [3.63, 3.8) is 0 Å². The molecule has 0 aliphatic carbocycles. The fourth-order valence-corrected chi connectivity index (χ4v) is 1.88. The fraction of sp³-hybridized carbons (Fsp3) is 0.250. The molecule has 0 radical (unpaired) electrons. The molecule has 0 fully saturated rings. The minimum Gasteiger partial charge on any atom is -0.497 e. The summed E-state index contributed by atoms with van der Waals surface area (Å²) in [5.74, 6) is 1.27. The van der Waals surface area contributed by atoms with Crippen LogP contribution in [0.5, 0.6) is 11.5 Å². The first-order valence-corrected chi connectivity index (χ1v) is 6.64. The van der Waals surface area contributed by atoms with Crippen molar-refractivity contribution in [2.45, 2.75) is 13.5 Å². The van der Waals surface area contributed by atoms with Crippen molar-refractivity contribution < 1.29 is 14.3 Å². The van der Waals surface area contributed by atoms with E-state index in [0.717, 1.165) is 12.1 Å². The minimum atomic E-state index is -0.0902. The van der Waals surface area contributed by atoms with Gasteiger partial charge in [0.25, 0.3) is 0 Å². The largest absolute Gasteiger partial charge is 0.497 e. The van der Waals surface area contributed by atoms with Crippen LogP contribution in [0.3, 0.4) is 0 Å². The fourth-order valence-electron chi connectivity index (χ4n) is 1.88. The van der Waals surface area contributed by atoms with E-state index < -0.39 is 0 Å². The Balaban J connectivity index is 2.18. The summed E-state index contributed by atoms with van der Waals surface area (Å²) in [4.78, 5) is 12.1. The van der Waals surface area contributed by atoms with Crippen LogP contribution in [0, 0.1) is 0 Å². The number of hydrogen-bond donors (Lipinski definition) is 0. The maximum absolute atomic E-state index is 12.1. The van der Waals surface area contributed by atoms with Gasteiger partial charge in [-0.15, -0.1) is 0 Å². The molecule has 1 heterocycles. The molecule has 0 aliphatic rings. The number of aromatic nitrogens is 2. The third kappa shape index (κ3) is 3.51. The van der Waals surface area contributed by atoms with Gasteiger partial charge in [0.05, 0.1) is 26.0 Å².